The minimum absolute atomic E-state index is 0.0148. The maximum Gasteiger partial charge on any atom is 0.374 e. The van der Waals surface area contributed by atoms with Gasteiger partial charge in [-0.3, -0.25) is 4.79 Å². The molecule has 0 atom stereocenters. The highest BCUT2D eigenvalue weighted by Crippen LogP contribution is 2.09. The summed E-state index contributed by atoms with van der Waals surface area (Å²) in [6.45, 7) is -0.170. The van der Waals surface area contributed by atoms with Crippen molar-refractivity contribution in [3.8, 4) is 0 Å². The van der Waals surface area contributed by atoms with E-state index in [4.69, 9.17) is 20.6 Å². The van der Waals surface area contributed by atoms with E-state index in [1.54, 1.807) is 6.07 Å². The van der Waals surface area contributed by atoms with Crippen LogP contribution < -0.4 is 11.5 Å². The molecule has 94 valence electrons. The lowest BCUT2D eigenvalue weighted by atomic mass is 10.4. The summed E-state index contributed by atoms with van der Waals surface area (Å²) in [5.41, 5.74) is 10.5. The number of imidazole rings is 1. The highest BCUT2D eigenvalue weighted by Gasteiger charge is 2.15. The molecule has 2 rings (SSSR count). The van der Waals surface area contributed by atoms with E-state index in [2.05, 4.69) is 9.97 Å². The first kappa shape index (κ1) is 11.7. The zero-order valence-corrected chi connectivity index (χ0v) is 9.17. The SMILES string of the molecule is NC(=O)c1[nH]c(COC(=O)c2ccco2)nc1N. The number of nitrogens with one attached hydrogen (secondary N) is 1. The van der Waals surface area contributed by atoms with Crippen LogP contribution in [-0.2, 0) is 11.3 Å². The second-order valence-corrected chi connectivity index (χ2v) is 3.36. The first-order valence-electron chi connectivity index (χ1n) is 4.92. The number of aromatic amines is 1. The number of anilines is 1. The van der Waals surface area contributed by atoms with Crippen LogP contribution in [0.5, 0.6) is 0 Å². The number of rotatable bonds is 4. The third kappa shape index (κ3) is 2.32. The minimum atomic E-state index is -0.733. The Morgan fingerprint density at radius 3 is 2.83 bits per heavy atom. The highest BCUT2D eigenvalue weighted by molar-refractivity contribution is 5.95. The summed E-state index contributed by atoms with van der Waals surface area (Å²) < 4.78 is 9.73. The van der Waals surface area contributed by atoms with Crippen molar-refractivity contribution in [3.63, 3.8) is 0 Å². The Bertz CT molecular complexity index is 573. The molecule has 8 heteroatoms. The number of carbonyl (C=O) groups is 2. The van der Waals surface area contributed by atoms with Gasteiger partial charge in [0.2, 0.25) is 5.76 Å². The van der Waals surface area contributed by atoms with E-state index in [1.807, 2.05) is 0 Å². The van der Waals surface area contributed by atoms with Crippen LogP contribution in [0, 0.1) is 0 Å². The van der Waals surface area contributed by atoms with Crippen LogP contribution in [-0.4, -0.2) is 21.8 Å². The zero-order chi connectivity index (χ0) is 13.1. The van der Waals surface area contributed by atoms with Gasteiger partial charge in [-0.05, 0) is 12.1 Å². The minimum Gasteiger partial charge on any atom is -0.457 e. The van der Waals surface area contributed by atoms with E-state index in [0.29, 0.717) is 0 Å². The quantitative estimate of drug-likeness (QED) is 0.655. The molecule has 0 saturated heterocycles. The zero-order valence-electron chi connectivity index (χ0n) is 9.17. The van der Waals surface area contributed by atoms with Crippen molar-refractivity contribution in [2.75, 3.05) is 5.73 Å². The number of furan rings is 1. The number of carbonyl (C=O) groups excluding carboxylic acids is 2. The molecule has 2 heterocycles. The van der Waals surface area contributed by atoms with Gasteiger partial charge in [-0.15, -0.1) is 0 Å². The van der Waals surface area contributed by atoms with Crippen molar-refractivity contribution >= 4 is 17.7 Å². The maximum atomic E-state index is 11.4. The van der Waals surface area contributed by atoms with Gasteiger partial charge in [-0.25, -0.2) is 9.78 Å². The maximum absolute atomic E-state index is 11.4. The third-order valence-corrected chi connectivity index (χ3v) is 2.09. The topological polar surface area (TPSA) is 137 Å². The van der Waals surface area contributed by atoms with Crippen LogP contribution >= 0.6 is 0 Å². The highest BCUT2D eigenvalue weighted by atomic mass is 16.5. The van der Waals surface area contributed by atoms with E-state index in [0.717, 1.165) is 0 Å². The number of ether oxygens (including phenoxy) is 1. The fourth-order valence-electron chi connectivity index (χ4n) is 1.29. The molecule has 0 unspecified atom stereocenters. The summed E-state index contributed by atoms with van der Waals surface area (Å²) in [4.78, 5) is 28.7. The van der Waals surface area contributed by atoms with Crippen LogP contribution in [0.1, 0.15) is 26.9 Å². The van der Waals surface area contributed by atoms with Crippen molar-refractivity contribution in [2.24, 2.45) is 5.73 Å². The molecule has 2 aromatic heterocycles. The molecule has 0 spiro atoms. The fraction of sp³-hybridized carbons (Fsp3) is 0.100. The van der Waals surface area contributed by atoms with E-state index in [-0.39, 0.29) is 29.7 Å². The van der Waals surface area contributed by atoms with Crippen molar-refractivity contribution in [1.29, 1.82) is 0 Å². The van der Waals surface area contributed by atoms with E-state index in [9.17, 15) is 9.59 Å². The summed E-state index contributed by atoms with van der Waals surface area (Å²) in [6.07, 6.45) is 1.35. The molecule has 0 aliphatic carbocycles. The lowest BCUT2D eigenvalue weighted by Crippen LogP contribution is -2.13. The standard InChI is InChI=1S/C10H10N4O4/c11-8-7(9(12)15)13-6(14-8)4-18-10(16)5-2-1-3-17-5/h1-3H,4,11H2,(H2,12,15)(H,13,14). The molecule has 5 N–H and O–H groups in total. The van der Waals surface area contributed by atoms with Gasteiger partial charge < -0.3 is 25.6 Å². The van der Waals surface area contributed by atoms with Crippen LogP contribution in [0.4, 0.5) is 5.82 Å². The molecule has 0 bridgehead atoms. The number of amides is 1. The average Bonchev–Trinajstić information content (AvgIpc) is 2.94. The Hall–Kier alpha value is -2.77. The number of primary amides is 1. The monoisotopic (exact) mass is 250 g/mol. The number of hydrogen-bond acceptors (Lipinski definition) is 6. The van der Waals surface area contributed by atoms with E-state index < -0.39 is 11.9 Å². The van der Waals surface area contributed by atoms with E-state index >= 15 is 0 Å². The molecule has 0 aliphatic heterocycles. The van der Waals surface area contributed by atoms with Crippen molar-refractivity contribution in [2.45, 2.75) is 6.61 Å². The van der Waals surface area contributed by atoms with Gasteiger partial charge in [0.05, 0.1) is 6.26 Å². The Balaban J connectivity index is 2.01. The largest absolute Gasteiger partial charge is 0.457 e. The van der Waals surface area contributed by atoms with Gasteiger partial charge in [-0.1, -0.05) is 0 Å². The summed E-state index contributed by atoms with van der Waals surface area (Å²) >= 11 is 0. The van der Waals surface area contributed by atoms with Gasteiger partial charge in [0, 0.05) is 0 Å². The second-order valence-electron chi connectivity index (χ2n) is 3.36. The molecule has 0 radical (unpaired) electrons. The number of nitrogens with two attached hydrogens (primary N) is 2. The van der Waals surface area contributed by atoms with Crippen molar-refractivity contribution in [3.05, 3.63) is 35.7 Å². The molecule has 0 fully saturated rings. The molecule has 0 aliphatic rings. The molecule has 8 nitrogen and oxygen atoms in total. The van der Waals surface area contributed by atoms with Crippen LogP contribution in [0.3, 0.4) is 0 Å². The van der Waals surface area contributed by atoms with Gasteiger partial charge in [0.1, 0.15) is 18.1 Å². The number of H-pyrrole nitrogens is 1. The van der Waals surface area contributed by atoms with Gasteiger partial charge in [-0.2, -0.15) is 0 Å². The molecule has 1 amide bonds. The summed E-state index contributed by atoms with van der Waals surface area (Å²) in [7, 11) is 0. The molecule has 0 saturated carbocycles. The summed E-state index contributed by atoms with van der Waals surface area (Å²) in [5.74, 6) is -1.11. The Morgan fingerprint density at radius 1 is 1.50 bits per heavy atom. The predicted molar refractivity (Wildman–Crippen MR) is 59.3 cm³/mol. The number of nitrogens with zero attached hydrogens (tertiary/aromatic N) is 1. The smallest absolute Gasteiger partial charge is 0.374 e. The lowest BCUT2D eigenvalue weighted by Gasteiger charge is -1.99. The number of aromatic nitrogens is 2. The normalized spacial score (nSPS) is 10.2. The third-order valence-electron chi connectivity index (χ3n) is 2.09. The first-order valence-corrected chi connectivity index (χ1v) is 4.92. The van der Waals surface area contributed by atoms with Crippen LogP contribution in [0.25, 0.3) is 0 Å². The molecule has 2 aromatic rings. The predicted octanol–water partition coefficient (Wildman–Crippen LogP) is 0.0408. The molecule has 0 aromatic carbocycles. The van der Waals surface area contributed by atoms with Gasteiger partial charge in [0.25, 0.3) is 5.91 Å². The summed E-state index contributed by atoms with van der Waals surface area (Å²) in [6, 6.07) is 3.03. The second kappa shape index (κ2) is 4.62. The van der Waals surface area contributed by atoms with E-state index in [1.165, 1.54) is 12.3 Å². The average molecular weight is 250 g/mol. The van der Waals surface area contributed by atoms with Crippen molar-refractivity contribution < 1.29 is 18.7 Å². The van der Waals surface area contributed by atoms with Gasteiger partial charge >= 0.3 is 5.97 Å². The van der Waals surface area contributed by atoms with Crippen LogP contribution in [0.2, 0.25) is 0 Å². The number of esters is 1. The Labute approximate surface area is 101 Å². The molecular formula is C10H10N4O4. The van der Waals surface area contributed by atoms with Crippen LogP contribution in [0.15, 0.2) is 22.8 Å². The Kier molecular flexibility index (Phi) is 3.00. The summed E-state index contributed by atoms with van der Waals surface area (Å²) in [5, 5.41) is 0. The molecule has 18 heavy (non-hydrogen) atoms. The number of nitrogen functional groups attached to an aromatic ring is 1. The van der Waals surface area contributed by atoms with Crippen molar-refractivity contribution in [1.82, 2.24) is 9.97 Å². The first-order chi connectivity index (χ1) is 8.58. The molecular weight excluding hydrogens is 240 g/mol. The number of hydrogen-bond donors (Lipinski definition) is 3. The van der Waals surface area contributed by atoms with Gasteiger partial charge in [0.15, 0.2) is 5.82 Å². The fourth-order valence-corrected chi connectivity index (χ4v) is 1.29. The Morgan fingerprint density at radius 2 is 2.28 bits per heavy atom. The lowest BCUT2D eigenvalue weighted by molar-refractivity contribution is 0.0426.